The average Bonchev–Trinajstić information content (AvgIpc) is 2.49. The van der Waals surface area contributed by atoms with Gasteiger partial charge in [0.05, 0.1) is 6.42 Å². The number of hydrogen-bond acceptors (Lipinski definition) is 5. The largest absolute Gasteiger partial charge is 0.458 e. The van der Waals surface area contributed by atoms with Crippen molar-refractivity contribution >= 4 is 17.7 Å². The van der Waals surface area contributed by atoms with Crippen LogP contribution in [0.5, 0.6) is 0 Å². The maximum Gasteiger partial charge on any atom is 0.310 e. The van der Waals surface area contributed by atoms with Crippen molar-refractivity contribution in [2.24, 2.45) is 11.3 Å². The van der Waals surface area contributed by atoms with E-state index in [9.17, 15) is 14.4 Å². The van der Waals surface area contributed by atoms with Gasteiger partial charge in [-0.05, 0) is 44.6 Å². The molecule has 2 aliphatic heterocycles. The molecule has 0 aromatic heterocycles. The van der Waals surface area contributed by atoms with Crippen LogP contribution in [0.1, 0.15) is 66.2 Å². The van der Waals surface area contributed by atoms with Gasteiger partial charge in [-0.3, -0.25) is 14.4 Å². The second kappa shape index (κ2) is 8.19. The first kappa shape index (κ1) is 20.4. The number of hydrogen-bond donors (Lipinski definition) is 0. The molecule has 26 heavy (non-hydrogen) atoms. The molecule has 5 heteroatoms. The third kappa shape index (κ3) is 5.05. The molecular weight excluding hydrogens is 332 g/mol. The summed E-state index contributed by atoms with van der Waals surface area (Å²) in [4.78, 5) is 36.4. The summed E-state index contributed by atoms with van der Waals surface area (Å²) >= 11 is 0. The molecule has 3 aliphatic rings. The molecule has 0 unspecified atom stereocenters. The molecule has 5 nitrogen and oxygen atoms in total. The van der Waals surface area contributed by atoms with Gasteiger partial charge in [0.2, 0.25) is 0 Å². The predicted octanol–water partition coefficient (Wildman–Crippen LogP) is 3.91. The van der Waals surface area contributed by atoms with Gasteiger partial charge >= 0.3 is 11.9 Å². The Balaban J connectivity index is 2.27. The summed E-state index contributed by atoms with van der Waals surface area (Å²) < 4.78 is 10.8. The first-order valence-corrected chi connectivity index (χ1v) is 9.34. The van der Waals surface area contributed by atoms with Crippen molar-refractivity contribution in [3.8, 4) is 0 Å². The lowest BCUT2D eigenvalue weighted by Gasteiger charge is -2.40. The molecule has 0 N–H and O–H groups in total. The lowest BCUT2D eigenvalue weighted by Crippen LogP contribution is -2.46. The SMILES string of the molecule is C=C1CC[C@@H]2CC[C@H](OC(=O)C/C(C)=C\[C@@H](OC(C)=O)C1)C(=O)C2(C)C. The molecule has 3 rings (SSSR count). The molecule has 144 valence electrons. The van der Waals surface area contributed by atoms with Crippen molar-refractivity contribution in [3.63, 3.8) is 0 Å². The minimum absolute atomic E-state index is 0.0178. The van der Waals surface area contributed by atoms with E-state index in [-0.39, 0.29) is 24.1 Å². The van der Waals surface area contributed by atoms with Gasteiger partial charge in [-0.25, -0.2) is 0 Å². The van der Waals surface area contributed by atoms with Crippen LogP contribution in [-0.2, 0) is 23.9 Å². The zero-order valence-corrected chi connectivity index (χ0v) is 16.3. The number of rotatable bonds is 1. The Hall–Kier alpha value is -1.91. The van der Waals surface area contributed by atoms with Crippen LogP contribution in [0.3, 0.4) is 0 Å². The molecule has 0 saturated heterocycles. The number of ether oxygens (including phenoxy) is 2. The number of carbonyl (C=O) groups is 3. The van der Waals surface area contributed by atoms with Crippen molar-refractivity contribution < 1.29 is 23.9 Å². The monoisotopic (exact) mass is 362 g/mol. The smallest absolute Gasteiger partial charge is 0.310 e. The maximum atomic E-state index is 12.8. The molecular formula is C21H30O5. The molecule has 1 saturated carbocycles. The van der Waals surface area contributed by atoms with Gasteiger partial charge < -0.3 is 9.47 Å². The van der Waals surface area contributed by atoms with Crippen LogP contribution in [0.15, 0.2) is 23.8 Å². The quantitative estimate of drug-likeness (QED) is 0.522. The second-order valence-corrected chi connectivity index (χ2v) is 8.17. The summed E-state index contributed by atoms with van der Waals surface area (Å²) in [6.45, 7) is 11.2. The lowest BCUT2D eigenvalue weighted by molar-refractivity contribution is -0.163. The van der Waals surface area contributed by atoms with Gasteiger partial charge in [0.25, 0.3) is 0 Å². The van der Waals surface area contributed by atoms with Gasteiger partial charge in [0.15, 0.2) is 11.9 Å². The molecule has 0 amide bonds. The minimum atomic E-state index is -0.656. The Morgan fingerprint density at radius 3 is 2.62 bits per heavy atom. The summed E-state index contributed by atoms with van der Waals surface area (Å²) in [5.74, 6) is -0.525. The number of carbonyl (C=O) groups excluding carboxylic acids is 3. The van der Waals surface area contributed by atoms with E-state index in [2.05, 4.69) is 6.58 Å². The molecule has 3 atom stereocenters. The average molecular weight is 362 g/mol. The van der Waals surface area contributed by atoms with Crippen molar-refractivity contribution in [2.45, 2.75) is 78.4 Å². The van der Waals surface area contributed by atoms with Crippen LogP contribution in [0.2, 0.25) is 0 Å². The third-order valence-electron chi connectivity index (χ3n) is 5.55. The fourth-order valence-corrected chi connectivity index (χ4v) is 4.00. The summed E-state index contributed by atoms with van der Waals surface area (Å²) in [6.07, 6.45) is 4.39. The zero-order valence-electron chi connectivity index (χ0n) is 16.3. The van der Waals surface area contributed by atoms with Crippen LogP contribution in [0, 0.1) is 11.3 Å². The highest BCUT2D eigenvalue weighted by molar-refractivity contribution is 5.91. The number of Topliss-reactive ketones (excluding diaryl/α,β-unsaturated/α-hetero) is 1. The van der Waals surface area contributed by atoms with Crippen LogP contribution in [0.4, 0.5) is 0 Å². The van der Waals surface area contributed by atoms with Crippen molar-refractivity contribution in [1.82, 2.24) is 0 Å². The van der Waals surface area contributed by atoms with Gasteiger partial charge in [0.1, 0.15) is 6.10 Å². The van der Waals surface area contributed by atoms with Crippen molar-refractivity contribution in [1.29, 1.82) is 0 Å². The highest BCUT2D eigenvalue weighted by Gasteiger charge is 2.45. The summed E-state index contributed by atoms with van der Waals surface area (Å²) in [5, 5.41) is 0. The van der Waals surface area contributed by atoms with Crippen LogP contribution >= 0.6 is 0 Å². The molecule has 2 bridgehead atoms. The van der Waals surface area contributed by atoms with Crippen LogP contribution < -0.4 is 0 Å². The van der Waals surface area contributed by atoms with E-state index in [1.165, 1.54) is 6.92 Å². The summed E-state index contributed by atoms with van der Waals surface area (Å²) in [5.41, 5.74) is 1.23. The molecule has 2 heterocycles. The van der Waals surface area contributed by atoms with E-state index in [0.29, 0.717) is 12.8 Å². The van der Waals surface area contributed by atoms with E-state index in [1.54, 1.807) is 13.0 Å². The van der Waals surface area contributed by atoms with Crippen molar-refractivity contribution in [3.05, 3.63) is 23.8 Å². The standard InChI is InChI=1S/C21H30O5/c1-13-6-7-16-8-9-18(20(24)21(16,4)5)26-19(23)12-14(2)11-17(10-13)25-15(3)22/h11,16-18H,1,6-10,12H2,2-5H3/b14-11-/t16-,17+,18+/m1/s1. The Labute approximate surface area is 155 Å². The molecule has 0 radical (unpaired) electrons. The Morgan fingerprint density at radius 2 is 1.96 bits per heavy atom. The predicted molar refractivity (Wildman–Crippen MR) is 98.3 cm³/mol. The summed E-state index contributed by atoms with van der Waals surface area (Å²) in [6, 6.07) is 0. The topological polar surface area (TPSA) is 69.7 Å². The maximum absolute atomic E-state index is 12.8. The van der Waals surface area contributed by atoms with Gasteiger partial charge in [0, 0.05) is 18.8 Å². The second-order valence-electron chi connectivity index (χ2n) is 8.17. The third-order valence-corrected chi connectivity index (χ3v) is 5.55. The van der Waals surface area contributed by atoms with E-state index in [4.69, 9.17) is 9.47 Å². The number of fused-ring (bicyclic) bond motifs is 10. The zero-order chi connectivity index (χ0) is 19.5. The van der Waals surface area contributed by atoms with Crippen molar-refractivity contribution in [2.75, 3.05) is 0 Å². The first-order valence-electron chi connectivity index (χ1n) is 9.34. The summed E-state index contributed by atoms with van der Waals surface area (Å²) in [7, 11) is 0. The molecule has 0 spiro atoms. The molecule has 1 fully saturated rings. The highest BCUT2D eigenvalue weighted by atomic mass is 16.5. The van der Waals surface area contributed by atoms with Crippen LogP contribution in [-0.4, -0.2) is 29.9 Å². The minimum Gasteiger partial charge on any atom is -0.458 e. The van der Waals surface area contributed by atoms with Gasteiger partial charge in [-0.15, -0.1) is 0 Å². The first-order chi connectivity index (χ1) is 12.1. The Kier molecular flexibility index (Phi) is 6.43. The Bertz CT molecular complexity index is 628. The normalized spacial score (nSPS) is 32.2. The number of ketones is 1. The molecule has 0 aromatic carbocycles. The highest BCUT2D eigenvalue weighted by Crippen LogP contribution is 2.42. The van der Waals surface area contributed by atoms with E-state index >= 15 is 0 Å². The number of esters is 2. The van der Waals surface area contributed by atoms with Gasteiger partial charge in [-0.2, -0.15) is 0 Å². The van der Waals surface area contributed by atoms with E-state index in [1.807, 2.05) is 13.8 Å². The van der Waals surface area contributed by atoms with E-state index in [0.717, 1.165) is 30.4 Å². The Morgan fingerprint density at radius 1 is 1.27 bits per heavy atom. The molecule has 1 aliphatic carbocycles. The fourth-order valence-electron chi connectivity index (χ4n) is 4.00. The lowest BCUT2D eigenvalue weighted by atomic mass is 9.65. The fraction of sp³-hybridized carbons (Fsp3) is 0.667. The van der Waals surface area contributed by atoms with E-state index < -0.39 is 23.6 Å². The van der Waals surface area contributed by atoms with Crippen LogP contribution in [0.25, 0.3) is 0 Å². The van der Waals surface area contributed by atoms with Gasteiger partial charge in [-0.1, -0.05) is 31.6 Å². The molecule has 0 aromatic rings.